The molecule has 0 rings (SSSR count). The molecule has 7 nitrogen and oxygen atoms in total. The number of nitrogens with zero attached hydrogens (tertiary/aromatic N) is 1. The predicted octanol–water partition coefficient (Wildman–Crippen LogP) is 1.22. The van der Waals surface area contributed by atoms with E-state index in [-0.39, 0.29) is 18.7 Å². The molecular weight excluding hydrogens is 264 g/mol. The van der Waals surface area contributed by atoms with Crippen molar-refractivity contribution in [1.82, 2.24) is 10.2 Å². The summed E-state index contributed by atoms with van der Waals surface area (Å²) < 4.78 is 5.00. The third-order valence-electron chi connectivity index (χ3n) is 2.37. The van der Waals surface area contributed by atoms with Gasteiger partial charge in [0.25, 0.3) is 0 Å². The molecule has 0 aliphatic carbocycles. The number of hydrogen-bond acceptors (Lipinski definition) is 4. The lowest BCUT2D eigenvalue weighted by molar-refractivity contribution is -0.140. The first-order valence-electron chi connectivity index (χ1n) is 6.45. The van der Waals surface area contributed by atoms with Crippen molar-refractivity contribution < 1.29 is 24.2 Å². The van der Waals surface area contributed by atoms with Crippen LogP contribution in [0.25, 0.3) is 0 Å². The lowest BCUT2D eigenvalue weighted by atomic mass is 10.1. The summed E-state index contributed by atoms with van der Waals surface area (Å²) in [5, 5.41) is 11.3. The molecule has 0 aromatic heterocycles. The fraction of sp³-hybridized carbons (Fsp3) is 0.769. The van der Waals surface area contributed by atoms with Crippen molar-refractivity contribution in [3.8, 4) is 0 Å². The summed E-state index contributed by atoms with van der Waals surface area (Å²) in [6.07, 6.45) is 0.0221. The van der Waals surface area contributed by atoms with Crippen LogP contribution in [0, 0.1) is 0 Å². The van der Waals surface area contributed by atoms with Gasteiger partial charge in [-0.05, 0) is 33.6 Å². The Balaban J connectivity index is 4.28. The van der Waals surface area contributed by atoms with Crippen molar-refractivity contribution in [2.24, 2.45) is 0 Å². The SMILES string of the molecule is CN(C)C(=O)CCC[C@@H](NC(=O)OC(C)(C)C)C(=O)O. The monoisotopic (exact) mass is 288 g/mol. The van der Waals surface area contributed by atoms with Gasteiger partial charge in [0.1, 0.15) is 11.6 Å². The van der Waals surface area contributed by atoms with Crippen molar-refractivity contribution in [2.75, 3.05) is 14.1 Å². The quantitative estimate of drug-likeness (QED) is 0.766. The van der Waals surface area contributed by atoms with Gasteiger partial charge in [0.2, 0.25) is 5.91 Å². The number of rotatable bonds is 6. The van der Waals surface area contributed by atoms with Gasteiger partial charge in [-0.25, -0.2) is 9.59 Å². The van der Waals surface area contributed by atoms with E-state index >= 15 is 0 Å². The first-order chi connectivity index (χ1) is 9.03. The van der Waals surface area contributed by atoms with Gasteiger partial charge in [-0.3, -0.25) is 4.79 Å². The van der Waals surface area contributed by atoms with E-state index in [9.17, 15) is 14.4 Å². The minimum absolute atomic E-state index is 0.0774. The van der Waals surface area contributed by atoms with Gasteiger partial charge < -0.3 is 20.1 Å². The molecule has 20 heavy (non-hydrogen) atoms. The van der Waals surface area contributed by atoms with Crippen molar-refractivity contribution in [3.63, 3.8) is 0 Å². The van der Waals surface area contributed by atoms with Crippen molar-refractivity contribution >= 4 is 18.0 Å². The van der Waals surface area contributed by atoms with Crippen molar-refractivity contribution in [1.29, 1.82) is 0 Å². The number of ether oxygens (including phenoxy) is 1. The summed E-state index contributed by atoms with van der Waals surface area (Å²) in [7, 11) is 3.27. The molecule has 0 aromatic rings. The van der Waals surface area contributed by atoms with E-state index in [1.54, 1.807) is 34.9 Å². The Labute approximate surface area is 119 Å². The molecule has 0 aliphatic heterocycles. The maximum atomic E-state index is 11.5. The highest BCUT2D eigenvalue weighted by Gasteiger charge is 2.23. The molecule has 0 unspecified atom stereocenters. The highest BCUT2D eigenvalue weighted by atomic mass is 16.6. The number of aliphatic carboxylic acids is 1. The fourth-order valence-corrected chi connectivity index (χ4v) is 1.39. The van der Waals surface area contributed by atoms with Gasteiger partial charge in [0.05, 0.1) is 0 Å². The molecule has 1 atom stereocenters. The minimum atomic E-state index is -1.15. The van der Waals surface area contributed by atoms with Crippen LogP contribution in [0.15, 0.2) is 0 Å². The van der Waals surface area contributed by atoms with Gasteiger partial charge in [0.15, 0.2) is 0 Å². The Kier molecular flexibility index (Phi) is 7.02. The van der Waals surface area contributed by atoms with E-state index < -0.39 is 23.7 Å². The van der Waals surface area contributed by atoms with E-state index in [2.05, 4.69) is 5.32 Å². The summed E-state index contributed by atoms with van der Waals surface area (Å²) in [5.41, 5.74) is -0.686. The number of carboxylic acid groups (broad SMARTS) is 1. The van der Waals surface area contributed by atoms with Gasteiger partial charge in [-0.2, -0.15) is 0 Å². The summed E-state index contributed by atoms with van der Waals surface area (Å²) in [5.74, 6) is -1.22. The van der Waals surface area contributed by atoms with E-state index in [0.717, 1.165) is 0 Å². The summed E-state index contributed by atoms with van der Waals surface area (Å²) in [4.78, 5) is 35.4. The smallest absolute Gasteiger partial charge is 0.408 e. The molecular formula is C13H24N2O5. The zero-order chi connectivity index (χ0) is 15.9. The first kappa shape index (κ1) is 18.2. The first-order valence-corrected chi connectivity index (χ1v) is 6.45. The largest absolute Gasteiger partial charge is 0.480 e. The second-order valence-electron chi connectivity index (χ2n) is 5.72. The Morgan fingerprint density at radius 1 is 1.25 bits per heavy atom. The van der Waals surface area contributed by atoms with Crippen LogP contribution in [-0.4, -0.2) is 53.7 Å². The average molecular weight is 288 g/mol. The molecule has 0 spiro atoms. The molecule has 0 bridgehead atoms. The fourth-order valence-electron chi connectivity index (χ4n) is 1.39. The van der Waals surface area contributed by atoms with Crippen LogP contribution < -0.4 is 5.32 Å². The Bertz CT molecular complexity index is 360. The number of nitrogens with one attached hydrogen (secondary N) is 1. The molecule has 0 radical (unpaired) electrons. The Hall–Kier alpha value is -1.79. The number of amides is 2. The zero-order valence-electron chi connectivity index (χ0n) is 12.7. The van der Waals surface area contributed by atoms with Crippen LogP contribution in [0.4, 0.5) is 4.79 Å². The molecule has 2 amide bonds. The Morgan fingerprint density at radius 2 is 1.80 bits per heavy atom. The maximum Gasteiger partial charge on any atom is 0.408 e. The number of hydrogen-bond donors (Lipinski definition) is 2. The van der Waals surface area contributed by atoms with Crippen molar-refractivity contribution in [3.05, 3.63) is 0 Å². The molecule has 0 fully saturated rings. The van der Waals surface area contributed by atoms with E-state index in [1.807, 2.05) is 0 Å². The van der Waals surface area contributed by atoms with Gasteiger partial charge in [-0.15, -0.1) is 0 Å². The van der Waals surface area contributed by atoms with Crippen LogP contribution in [0.1, 0.15) is 40.0 Å². The third kappa shape index (κ3) is 8.34. The predicted molar refractivity (Wildman–Crippen MR) is 73.3 cm³/mol. The number of carbonyl (C=O) groups is 3. The van der Waals surface area contributed by atoms with Crippen LogP contribution in [0.5, 0.6) is 0 Å². The van der Waals surface area contributed by atoms with E-state index in [4.69, 9.17) is 9.84 Å². The van der Waals surface area contributed by atoms with Gasteiger partial charge in [0, 0.05) is 20.5 Å². The lowest BCUT2D eigenvalue weighted by Gasteiger charge is -2.22. The number of carbonyl (C=O) groups excluding carboxylic acids is 2. The van der Waals surface area contributed by atoms with Crippen LogP contribution >= 0.6 is 0 Å². The van der Waals surface area contributed by atoms with Crippen LogP contribution in [-0.2, 0) is 14.3 Å². The second kappa shape index (κ2) is 7.72. The highest BCUT2D eigenvalue weighted by Crippen LogP contribution is 2.08. The third-order valence-corrected chi connectivity index (χ3v) is 2.37. The zero-order valence-corrected chi connectivity index (χ0v) is 12.7. The molecule has 0 saturated heterocycles. The molecule has 0 heterocycles. The molecule has 2 N–H and O–H groups in total. The summed E-state index contributed by atoms with van der Waals surface area (Å²) >= 11 is 0. The topological polar surface area (TPSA) is 95.9 Å². The Morgan fingerprint density at radius 3 is 2.20 bits per heavy atom. The summed E-state index contributed by atoms with van der Waals surface area (Å²) in [6, 6.07) is -1.06. The van der Waals surface area contributed by atoms with Crippen LogP contribution in [0.3, 0.4) is 0 Å². The standard InChI is InChI=1S/C13H24N2O5/c1-13(2,3)20-12(19)14-9(11(17)18)7-6-8-10(16)15(4)5/h9H,6-8H2,1-5H3,(H,14,19)(H,17,18)/t9-/m1/s1. The van der Waals surface area contributed by atoms with E-state index in [1.165, 1.54) is 4.90 Å². The minimum Gasteiger partial charge on any atom is -0.480 e. The number of alkyl carbamates (subject to hydrolysis) is 1. The van der Waals surface area contributed by atoms with Crippen LogP contribution in [0.2, 0.25) is 0 Å². The summed E-state index contributed by atoms with van der Waals surface area (Å²) in [6.45, 7) is 5.08. The van der Waals surface area contributed by atoms with Crippen molar-refractivity contribution in [2.45, 2.75) is 51.7 Å². The lowest BCUT2D eigenvalue weighted by Crippen LogP contribution is -2.43. The molecule has 116 valence electrons. The van der Waals surface area contributed by atoms with Gasteiger partial charge >= 0.3 is 12.1 Å². The molecule has 0 aliphatic rings. The molecule has 0 saturated carbocycles. The highest BCUT2D eigenvalue weighted by molar-refractivity contribution is 5.80. The molecule has 7 heteroatoms. The number of carboxylic acids is 1. The maximum absolute atomic E-state index is 11.5. The normalized spacial score (nSPS) is 12.4. The second-order valence-corrected chi connectivity index (χ2v) is 5.72. The average Bonchev–Trinajstić information content (AvgIpc) is 2.24. The van der Waals surface area contributed by atoms with Gasteiger partial charge in [-0.1, -0.05) is 0 Å². The van der Waals surface area contributed by atoms with E-state index in [0.29, 0.717) is 6.42 Å². The molecule has 0 aromatic carbocycles.